The molecule has 2 aromatic carbocycles. The van der Waals surface area contributed by atoms with Gasteiger partial charge < -0.3 is 9.64 Å². The molecule has 3 aromatic rings. The first-order valence-corrected chi connectivity index (χ1v) is 12.9. The molecule has 0 aliphatic carbocycles. The lowest BCUT2D eigenvalue weighted by Crippen LogP contribution is -2.39. The molecule has 1 aliphatic rings. The number of aryl methyl sites for hydroxylation is 3. The highest BCUT2D eigenvalue weighted by Crippen LogP contribution is 2.34. The van der Waals surface area contributed by atoms with Gasteiger partial charge in [-0.2, -0.15) is 0 Å². The van der Waals surface area contributed by atoms with Gasteiger partial charge in [0.15, 0.2) is 15.0 Å². The molecule has 0 bridgehead atoms. The number of hydrogen-bond donors (Lipinski definition) is 0. The smallest absolute Gasteiger partial charge is 0.185 e. The van der Waals surface area contributed by atoms with Crippen LogP contribution in [0.15, 0.2) is 46.7 Å². The number of nitrogens with zero attached hydrogens (tertiary/aromatic N) is 2. The fourth-order valence-electron chi connectivity index (χ4n) is 4.46. The van der Waals surface area contributed by atoms with Crippen molar-refractivity contribution in [2.45, 2.75) is 43.8 Å². The molecule has 5 nitrogen and oxygen atoms in total. The average Bonchev–Trinajstić information content (AvgIpc) is 3.23. The molecular formula is C24H28N2O3S2. The number of sulfone groups is 1. The maximum absolute atomic E-state index is 13.4. The van der Waals surface area contributed by atoms with Crippen molar-refractivity contribution in [2.24, 2.45) is 0 Å². The highest BCUT2D eigenvalue weighted by atomic mass is 32.2. The van der Waals surface area contributed by atoms with Gasteiger partial charge in [-0.3, -0.25) is 0 Å². The summed E-state index contributed by atoms with van der Waals surface area (Å²) in [5.41, 5.74) is 4.73. The zero-order valence-corrected chi connectivity index (χ0v) is 20.0. The predicted octanol–water partition coefficient (Wildman–Crippen LogP) is 5.19. The summed E-state index contributed by atoms with van der Waals surface area (Å²) in [5.74, 6) is 0.805. The van der Waals surface area contributed by atoms with Crippen molar-refractivity contribution in [3.05, 3.63) is 58.5 Å². The zero-order chi connectivity index (χ0) is 22.2. The van der Waals surface area contributed by atoms with E-state index >= 15 is 0 Å². The number of piperidine rings is 1. The maximum atomic E-state index is 13.4. The number of rotatable bonds is 5. The standard InChI is InChI=1S/C24H28N2O3S2/c1-16-12-17(2)23(18(3)13-16)31(27,28)21-8-10-26(11-9-21)24-25-22(15-30-24)19-6-5-7-20(14-19)29-4/h5-7,12-15,21H,8-11H2,1-4H3. The topological polar surface area (TPSA) is 59.5 Å². The Balaban J connectivity index is 1.49. The van der Waals surface area contributed by atoms with E-state index in [1.807, 2.05) is 62.5 Å². The Hall–Kier alpha value is -2.38. The van der Waals surface area contributed by atoms with E-state index in [2.05, 4.69) is 4.90 Å². The van der Waals surface area contributed by atoms with Crippen molar-refractivity contribution in [3.8, 4) is 17.0 Å². The number of thiazole rings is 1. The molecule has 1 aliphatic heterocycles. The second kappa shape index (κ2) is 8.63. The van der Waals surface area contributed by atoms with E-state index in [0.717, 1.165) is 38.8 Å². The summed E-state index contributed by atoms with van der Waals surface area (Å²) in [4.78, 5) is 7.53. The third kappa shape index (κ3) is 4.34. The van der Waals surface area contributed by atoms with E-state index in [-0.39, 0.29) is 5.25 Å². The summed E-state index contributed by atoms with van der Waals surface area (Å²) in [7, 11) is -1.69. The molecule has 0 unspecified atom stereocenters. The van der Waals surface area contributed by atoms with Crippen LogP contribution in [0, 0.1) is 20.8 Å². The Morgan fingerprint density at radius 3 is 2.39 bits per heavy atom. The molecule has 4 rings (SSSR count). The van der Waals surface area contributed by atoms with Gasteiger partial charge in [-0.1, -0.05) is 29.8 Å². The minimum Gasteiger partial charge on any atom is -0.497 e. The van der Waals surface area contributed by atoms with Crippen LogP contribution in [0.5, 0.6) is 5.75 Å². The molecule has 0 atom stereocenters. The first-order valence-electron chi connectivity index (χ1n) is 10.5. The van der Waals surface area contributed by atoms with E-state index in [4.69, 9.17) is 9.72 Å². The SMILES string of the molecule is COc1cccc(-c2csc(N3CCC(S(=O)(=O)c4c(C)cc(C)cc4C)CC3)n2)c1. The summed E-state index contributed by atoms with van der Waals surface area (Å²) in [6, 6.07) is 11.8. The zero-order valence-electron chi connectivity index (χ0n) is 18.4. The first-order chi connectivity index (χ1) is 14.8. The monoisotopic (exact) mass is 456 g/mol. The van der Waals surface area contributed by atoms with Gasteiger partial charge in [0.2, 0.25) is 0 Å². The van der Waals surface area contributed by atoms with Crippen LogP contribution in [0.2, 0.25) is 0 Å². The van der Waals surface area contributed by atoms with Crippen LogP contribution in [0.3, 0.4) is 0 Å². The second-order valence-corrected chi connectivity index (χ2v) is 11.2. The summed E-state index contributed by atoms with van der Waals surface area (Å²) in [6.45, 7) is 7.19. The molecule has 2 heterocycles. The Labute approximate surface area is 188 Å². The van der Waals surface area contributed by atoms with Crippen LogP contribution in [-0.2, 0) is 9.84 Å². The van der Waals surface area contributed by atoms with Gasteiger partial charge in [0.05, 0.1) is 22.9 Å². The molecule has 7 heteroatoms. The van der Waals surface area contributed by atoms with Gasteiger partial charge in [0, 0.05) is 24.0 Å². The Morgan fingerprint density at radius 2 is 1.74 bits per heavy atom. The van der Waals surface area contributed by atoms with Crippen molar-refractivity contribution in [2.75, 3.05) is 25.1 Å². The second-order valence-electron chi connectivity index (χ2n) is 8.21. The third-order valence-electron chi connectivity index (χ3n) is 5.90. The summed E-state index contributed by atoms with van der Waals surface area (Å²) in [6.07, 6.45) is 1.23. The van der Waals surface area contributed by atoms with Crippen molar-refractivity contribution in [1.29, 1.82) is 0 Å². The minimum absolute atomic E-state index is 0.346. The number of anilines is 1. The molecule has 1 aromatic heterocycles. The lowest BCUT2D eigenvalue weighted by molar-refractivity contribution is 0.415. The van der Waals surface area contributed by atoms with Crippen LogP contribution in [0.25, 0.3) is 11.3 Å². The lowest BCUT2D eigenvalue weighted by atomic mass is 10.1. The predicted molar refractivity (Wildman–Crippen MR) is 127 cm³/mol. The van der Waals surface area contributed by atoms with Crippen LogP contribution in [0.1, 0.15) is 29.5 Å². The molecular weight excluding hydrogens is 428 g/mol. The number of hydrogen-bond acceptors (Lipinski definition) is 6. The summed E-state index contributed by atoms with van der Waals surface area (Å²) < 4.78 is 32.1. The normalized spacial score (nSPS) is 15.3. The van der Waals surface area contributed by atoms with Gasteiger partial charge >= 0.3 is 0 Å². The van der Waals surface area contributed by atoms with Crippen LogP contribution < -0.4 is 9.64 Å². The van der Waals surface area contributed by atoms with Crippen molar-refractivity contribution < 1.29 is 13.2 Å². The van der Waals surface area contributed by atoms with Gasteiger partial charge in [-0.05, 0) is 56.9 Å². The van der Waals surface area contributed by atoms with E-state index < -0.39 is 9.84 Å². The molecule has 1 fully saturated rings. The van der Waals surface area contributed by atoms with Crippen LogP contribution in [-0.4, -0.2) is 38.9 Å². The quantitative estimate of drug-likeness (QED) is 0.529. The lowest BCUT2D eigenvalue weighted by Gasteiger charge is -2.32. The number of methoxy groups -OCH3 is 1. The van der Waals surface area contributed by atoms with E-state index in [1.165, 1.54) is 0 Å². The summed E-state index contributed by atoms with van der Waals surface area (Å²) >= 11 is 1.60. The molecule has 1 saturated heterocycles. The maximum Gasteiger partial charge on any atom is 0.185 e. The number of ether oxygens (including phenoxy) is 1. The fourth-order valence-corrected chi connectivity index (χ4v) is 7.53. The molecule has 0 N–H and O–H groups in total. The van der Waals surface area contributed by atoms with Gasteiger partial charge in [0.1, 0.15) is 5.75 Å². The fraction of sp³-hybridized carbons (Fsp3) is 0.375. The highest BCUT2D eigenvalue weighted by molar-refractivity contribution is 7.92. The Bertz CT molecular complexity index is 1170. The number of benzene rings is 2. The third-order valence-corrected chi connectivity index (χ3v) is 9.36. The van der Waals surface area contributed by atoms with Crippen LogP contribution in [0.4, 0.5) is 5.13 Å². The highest BCUT2D eigenvalue weighted by Gasteiger charge is 2.34. The number of aromatic nitrogens is 1. The van der Waals surface area contributed by atoms with Gasteiger partial charge in [-0.25, -0.2) is 13.4 Å². The first kappa shape index (κ1) is 21.8. The Kier molecular flexibility index (Phi) is 6.08. The van der Waals surface area contributed by atoms with E-state index in [1.54, 1.807) is 18.4 Å². The Morgan fingerprint density at radius 1 is 1.06 bits per heavy atom. The molecule has 0 spiro atoms. The molecule has 0 radical (unpaired) electrons. The molecule has 0 saturated carbocycles. The van der Waals surface area contributed by atoms with Crippen LogP contribution >= 0.6 is 11.3 Å². The summed E-state index contributed by atoms with van der Waals surface area (Å²) in [5, 5.41) is 2.64. The largest absolute Gasteiger partial charge is 0.497 e. The van der Waals surface area contributed by atoms with Crippen molar-refractivity contribution in [3.63, 3.8) is 0 Å². The molecule has 31 heavy (non-hydrogen) atoms. The van der Waals surface area contributed by atoms with E-state index in [0.29, 0.717) is 30.8 Å². The van der Waals surface area contributed by atoms with Crippen molar-refractivity contribution >= 4 is 26.3 Å². The van der Waals surface area contributed by atoms with Crippen molar-refractivity contribution in [1.82, 2.24) is 4.98 Å². The van der Waals surface area contributed by atoms with Gasteiger partial charge in [0.25, 0.3) is 0 Å². The van der Waals surface area contributed by atoms with E-state index in [9.17, 15) is 8.42 Å². The minimum atomic E-state index is -3.35. The average molecular weight is 457 g/mol. The van der Waals surface area contributed by atoms with Gasteiger partial charge in [-0.15, -0.1) is 11.3 Å². The molecule has 0 amide bonds. The molecule has 164 valence electrons.